The van der Waals surface area contributed by atoms with E-state index in [0.717, 1.165) is 35.2 Å². The molecule has 1 aliphatic heterocycles. The second kappa shape index (κ2) is 10.1. The molecule has 0 fully saturated rings. The van der Waals surface area contributed by atoms with E-state index in [1.807, 2.05) is 42.5 Å². The van der Waals surface area contributed by atoms with Gasteiger partial charge >= 0.3 is 0 Å². The highest BCUT2D eigenvalue weighted by molar-refractivity contribution is 7.91. The number of rotatable bonds is 8. The summed E-state index contributed by atoms with van der Waals surface area (Å²) in [5.41, 5.74) is 10.2. The number of carbonyl (C=O) groups is 1. The normalized spacial score (nSPS) is 13.2. The van der Waals surface area contributed by atoms with Crippen molar-refractivity contribution in [2.75, 3.05) is 16.2 Å². The van der Waals surface area contributed by atoms with Crippen LogP contribution in [0.4, 0.5) is 11.4 Å². The number of sulfonamides is 1. The largest absolute Gasteiger partial charge is 0.384 e. The molecule has 0 aliphatic carbocycles. The van der Waals surface area contributed by atoms with Crippen LogP contribution >= 0.6 is 0 Å². The minimum Gasteiger partial charge on any atom is -0.384 e. The third-order valence-corrected chi connectivity index (χ3v) is 7.12. The van der Waals surface area contributed by atoms with E-state index in [4.69, 9.17) is 11.1 Å². The number of nitrogen functional groups attached to an aromatic ring is 1. The number of hydrogen-bond donors (Lipinski definition) is 3. The van der Waals surface area contributed by atoms with Crippen molar-refractivity contribution in [2.24, 2.45) is 5.73 Å². The van der Waals surface area contributed by atoms with Crippen LogP contribution in [0.3, 0.4) is 0 Å². The quantitative estimate of drug-likeness (QED) is 0.338. The van der Waals surface area contributed by atoms with Crippen molar-refractivity contribution in [1.29, 1.82) is 5.41 Å². The number of aryl methyl sites for hydroxylation is 2. The summed E-state index contributed by atoms with van der Waals surface area (Å²) in [5.74, 6) is -0.0357. The predicted octanol–water partition coefficient (Wildman–Crippen LogP) is 3.82. The molecule has 0 saturated carbocycles. The standard InChI is InChI=1S/C26H28N4O3S/c27-26(28)21-11-8-19(9-12-21)10-15-25(31)30-16-4-7-22-17-23(13-14-24(22)30)29-34(32,33)18-20-5-2-1-3-6-20/h1-3,5-6,8-9,11-14,17,29H,4,7,10,15-16,18H2,(H3,27,28). The molecule has 4 N–H and O–H groups in total. The summed E-state index contributed by atoms with van der Waals surface area (Å²) >= 11 is 0. The molecule has 1 amide bonds. The van der Waals surface area contributed by atoms with E-state index in [1.54, 1.807) is 35.2 Å². The van der Waals surface area contributed by atoms with Crippen LogP contribution in [0.1, 0.15) is 35.1 Å². The van der Waals surface area contributed by atoms with Crippen molar-refractivity contribution in [1.82, 2.24) is 0 Å². The third kappa shape index (κ3) is 5.82. The summed E-state index contributed by atoms with van der Waals surface area (Å²) in [7, 11) is -3.54. The van der Waals surface area contributed by atoms with Gasteiger partial charge < -0.3 is 10.6 Å². The minimum atomic E-state index is -3.54. The zero-order valence-electron chi connectivity index (χ0n) is 18.8. The van der Waals surface area contributed by atoms with Gasteiger partial charge in [-0.3, -0.25) is 14.9 Å². The highest BCUT2D eigenvalue weighted by Gasteiger charge is 2.23. The first-order valence-electron chi connectivity index (χ1n) is 11.2. The van der Waals surface area contributed by atoms with Gasteiger partial charge in [-0.1, -0.05) is 54.6 Å². The highest BCUT2D eigenvalue weighted by atomic mass is 32.2. The molecule has 3 aromatic rings. The average molecular weight is 477 g/mol. The lowest BCUT2D eigenvalue weighted by Gasteiger charge is -2.30. The van der Waals surface area contributed by atoms with E-state index < -0.39 is 10.0 Å². The van der Waals surface area contributed by atoms with E-state index in [0.29, 0.717) is 30.6 Å². The number of amides is 1. The lowest BCUT2D eigenvalue weighted by Crippen LogP contribution is -2.35. The Morgan fingerprint density at radius 1 is 1.00 bits per heavy atom. The molecule has 0 bridgehead atoms. The second-order valence-electron chi connectivity index (χ2n) is 8.45. The summed E-state index contributed by atoms with van der Waals surface area (Å²) in [6.07, 6.45) is 2.58. The van der Waals surface area contributed by atoms with Crippen molar-refractivity contribution in [3.05, 3.63) is 95.1 Å². The van der Waals surface area contributed by atoms with Crippen molar-refractivity contribution < 1.29 is 13.2 Å². The average Bonchev–Trinajstić information content (AvgIpc) is 2.82. The number of nitrogens with one attached hydrogen (secondary N) is 2. The fourth-order valence-electron chi connectivity index (χ4n) is 4.17. The maximum Gasteiger partial charge on any atom is 0.236 e. The molecule has 0 radical (unpaired) electrons. The number of benzene rings is 3. The van der Waals surface area contributed by atoms with E-state index in [-0.39, 0.29) is 17.5 Å². The molecule has 3 aromatic carbocycles. The van der Waals surface area contributed by atoms with Gasteiger partial charge in [0, 0.05) is 29.9 Å². The van der Waals surface area contributed by atoms with E-state index in [2.05, 4.69) is 4.72 Å². The van der Waals surface area contributed by atoms with Crippen LogP contribution in [0.15, 0.2) is 72.8 Å². The van der Waals surface area contributed by atoms with Crippen molar-refractivity contribution >= 4 is 33.1 Å². The monoisotopic (exact) mass is 476 g/mol. The lowest BCUT2D eigenvalue weighted by molar-refractivity contribution is -0.118. The first kappa shape index (κ1) is 23.5. The first-order valence-corrected chi connectivity index (χ1v) is 12.9. The van der Waals surface area contributed by atoms with Crippen molar-refractivity contribution in [3.8, 4) is 0 Å². The molecular formula is C26H28N4O3S. The highest BCUT2D eigenvalue weighted by Crippen LogP contribution is 2.31. The molecule has 34 heavy (non-hydrogen) atoms. The summed E-state index contributed by atoms with van der Waals surface area (Å²) in [5, 5.41) is 7.47. The van der Waals surface area contributed by atoms with Gasteiger partial charge in [-0.05, 0) is 54.2 Å². The number of nitrogens with zero attached hydrogens (tertiary/aromatic N) is 1. The summed E-state index contributed by atoms with van der Waals surface area (Å²) in [6.45, 7) is 0.647. The smallest absolute Gasteiger partial charge is 0.236 e. The Labute approximate surface area is 200 Å². The van der Waals surface area contributed by atoms with Gasteiger partial charge in [0.05, 0.1) is 5.75 Å². The zero-order valence-corrected chi connectivity index (χ0v) is 19.6. The van der Waals surface area contributed by atoms with E-state index >= 15 is 0 Å². The summed E-state index contributed by atoms with van der Waals surface area (Å²) in [4.78, 5) is 14.8. The molecule has 1 heterocycles. The Morgan fingerprint density at radius 2 is 1.74 bits per heavy atom. The molecule has 8 heteroatoms. The van der Waals surface area contributed by atoms with Gasteiger partial charge in [0.25, 0.3) is 0 Å². The van der Waals surface area contributed by atoms with Crippen LogP contribution in [-0.2, 0) is 33.4 Å². The number of hydrogen-bond acceptors (Lipinski definition) is 4. The van der Waals surface area contributed by atoms with Gasteiger partial charge in [-0.2, -0.15) is 0 Å². The van der Waals surface area contributed by atoms with E-state index in [1.165, 1.54) is 0 Å². The SMILES string of the molecule is N=C(N)c1ccc(CCC(=O)N2CCCc3cc(NS(=O)(=O)Cc4ccccc4)ccc32)cc1. The van der Waals surface area contributed by atoms with Crippen LogP contribution in [0.25, 0.3) is 0 Å². The minimum absolute atomic E-state index is 0.0225. The maximum absolute atomic E-state index is 13.0. The van der Waals surface area contributed by atoms with Crippen LogP contribution in [-0.4, -0.2) is 26.7 Å². The molecular weight excluding hydrogens is 448 g/mol. The molecule has 0 unspecified atom stereocenters. The number of carbonyl (C=O) groups excluding carboxylic acids is 1. The Kier molecular flexibility index (Phi) is 6.98. The zero-order chi connectivity index (χ0) is 24.1. The summed E-state index contributed by atoms with van der Waals surface area (Å²) in [6, 6.07) is 21.8. The van der Waals surface area contributed by atoms with E-state index in [9.17, 15) is 13.2 Å². The molecule has 0 spiro atoms. The molecule has 4 rings (SSSR count). The molecule has 7 nitrogen and oxygen atoms in total. The first-order chi connectivity index (χ1) is 16.3. The Morgan fingerprint density at radius 3 is 2.44 bits per heavy atom. The lowest BCUT2D eigenvalue weighted by atomic mass is 10.00. The summed E-state index contributed by atoms with van der Waals surface area (Å²) < 4.78 is 27.9. The molecule has 0 atom stereocenters. The Hall–Kier alpha value is -3.65. The number of nitrogens with two attached hydrogens (primary N) is 1. The topological polar surface area (TPSA) is 116 Å². The number of amidine groups is 1. The van der Waals surface area contributed by atoms with Crippen molar-refractivity contribution in [3.63, 3.8) is 0 Å². The van der Waals surface area contributed by atoms with Gasteiger partial charge in [0.2, 0.25) is 15.9 Å². The molecule has 1 aliphatic rings. The predicted molar refractivity (Wildman–Crippen MR) is 136 cm³/mol. The second-order valence-corrected chi connectivity index (χ2v) is 10.2. The fourth-order valence-corrected chi connectivity index (χ4v) is 5.36. The van der Waals surface area contributed by atoms with Crippen LogP contribution in [0.2, 0.25) is 0 Å². The van der Waals surface area contributed by atoms with Crippen molar-refractivity contribution in [2.45, 2.75) is 31.4 Å². The van der Waals surface area contributed by atoms with Crippen LogP contribution in [0.5, 0.6) is 0 Å². The van der Waals surface area contributed by atoms with Gasteiger partial charge in [-0.25, -0.2) is 8.42 Å². The molecule has 0 saturated heterocycles. The Bertz CT molecular complexity index is 1290. The van der Waals surface area contributed by atoms with Gasteiger partial charge in [0.15, 0.2) is 0 Å². The molecule has 0 aromatic heterocycles. The third-order valence-electron chi connectivity index (χ3n) is 5.86. The van der Waals surface area contributed by atoms with Gasteiger partial charge in [-0.15, -0.1) is 0 Å². The fraction of sp³-hybridized carbons (Fsp3) is 0.231. The van der Waals surface area contributed by atoms with Gasteiger partial charge in [0.1, 0.15) is 5.84 Å². The maximum atomic E-state index is 13.0. The number of fused-ring (bicyclic) bond motifs is 1. The Balaban J connectivity index is 1.42. The number of anilines is 2. The molecule has 176 valence electrons. The van der Waals surface area contributed by atoms with Crippen LogP contribution in [0, 0.1) is 5.41 Å². The van der Waals surface area contributed by atoms with Crippen LogP contribution < -0.4 is 15.4 Å².